The van der Waals surface area contributed by atoms with Gasteiger partial charge in [-0.3, -0.25) is 5.10 Å². The van der Waals surface area contributed by atoms with Gasteiger partial charge in [-0.15, -0.1) is 0 Å². The molecule has 74 valence electrons. The highest BCUT2D eigenvalue weighted by atomic mass is 16.4. The van der Waals surface area contributed by atoms with Gasteiger partial charge in [-0.25, -0.2) is 14.3 Å². The summed E-state index contributed by atoms with van der Waals surface area (Å²) in [6.07, 6.45) is 3.25. The molecule has 0 aromatic carbocycles. The molecule has 2 rings (SSSR count). The number of fused-ring (bicyclic) bond motifs is 1. The average molecular weight is 193 g/mol. The SMILES string of the molecule is CC(C)c1cn2[nH]cc(C(=O)O)c2n1. The van der Waals surface area contributed by atoms with Crippen LogP contribution in [-0.2, 0) is 0 Å². The van der Waals surface area contributed by atoms with Crippen molar-refractivity contribution in [3.05, 3.63) is 23.7 Å². The summed E-state index contributed by atoms with van der Waals surface area (Å²) in [6.45, 7) is 4.03. The number of carbonyl (C=O) groups is 1. The van der Waals surface area contributed by atoms with E-state index in [2.05, 4.69) is 10.1 Å². The van der Waals surface area contributed by atoms with Gasteiger partial charge < -0.3 is 5.11 Å². The van der Waals surface area contributed by atoms with Crippen LogP contribution in [0.5, 0.6) is 0 Å². The fraction of sp³-hybridized carbons (Fsp3) is 0.333. The maximum absolute atomic E-state index is 10.8. The molecule has 5 nitrogen and oxygen atoms in total. The zero-order chi connectivity index (χ0) is 10.3. The first-order valence-electron chi connectivity index (χ1n) is 4.39. The van der Waals surface area contributed by atoms with Crippen molar-refractivity contribution in [1.82, 2.24) is 14.6 Å². The maximum atomic E-state index is 10.8. The molecule has 5 heteroatoms. The molecule has 0 bridgehead atoms. The number of hydrogen-bond donors (Lipinski definition) is 2. The first-order valence-corrected chi connectivity index (χ1v) is 4.39. The van der Waals surface area contributed by atoms with Gasteiger partial charge in [0, 0.05) is 6.20 Å². The number of aromatic carboxylic acids is 1. The minimum Gasteiger partial charge on any atom is -0.477 e. The van der Waals surface area contributed by atoms with E-state index < -0.39 is 5.97 Å². The Kier molecular flexibility index (Phi) is 1.80. The number of imidazole rings is 1. The molecule has 14 heavy (non-hydrogen) atoms. The van der Waals surface area contributed by atoms with Crippen molar-refractivity contribution in [1.29, 1.82) is 0 Å². The smallest absolute Gasteiger partial charge is 0.341 e. The number of carboxylic acids is 1. The van der Waals surface area contributed by atoms with Crippen LogP contribution in [0.2, 0.25) is 0 Å². The van der Waals surface area contributed by atoms with Crippen molar-refractivity contribution < 1.29 is 9.90 Å². The summed E-state index contributed by atoms with van der Waals surface area (Å²) in [5.74, 6) is -0.665. The number of hydrogen-bond acceptors (Lipinski definition) is 2. The Morgan fingerprint density at radius 3 is 2.93 bits per heavy atom. The number of nitrogens with one attached hydrogen (secondary N) is 1. The molecule has 0 radical (unpaired) electrons. The molecule has 0 aliphatic heterocycles. The second-order valence-corrected chi connectivity index (χ2v) is 3.51. The van der Waals surface area contributed by atoms with Gasteiger partial charge in [-0.05, 0) is 5.92 Å². The van der Waals surface area contributed by atoms with Gasteiger partial charge >= 0.3 is 5.97 Å². The van der Waals surface area contributed by atoms with Crippen molar-refractivity contribution in [2.45, 2.75) is 19.8 Å². The van der Waals surface area contributed by atoms with E-state index in [0.29, 0.717) is 11.6 Å². The zero-order valence-electron chi connectivity index (χ0n) is 7.98. The topological polar surface area (TPSA) is 70.4 Å². The van der Waals surface area contributed by atoms with Crippen LogP contribution in [0.1, 0.15) is 35.8 Å². The predicted octanol–water partition coefficient (Wildman–Crippen LogP) is 1.48. The Morgan fingerprint density at radius 1 is 1.64 bits per heavy atom. The van der Waals surface area contributed by atoms with E-state index >= 15 is 0 Å². The normalized spacial score (nSPS) is 11.4. The highest BCUT2D eigenvalue weighted by Gasteiger charge is 2.14. The molecule has 2 aromatic heterocycles. The lowest BCUT2D eigenvalue weighted by Crippen LogP contribution is -1.95. The van der Waals surface area contributed by atoms with E-state index in [1.54, 1.807) is 4.52 Å². The Bertz CT molecular complexity index is 481. The predicted molar refractivity (Wildman–Crippen MR) is 50.6 cm³/mol. The van der Waals surface area contributed by atoms with Crippen molar-refractivity contribution in [2.75, 3.05) is 0 Å². The van der Waals surface area contributed by atoms with Gasteiger partial charge in [0.2, 0.25) is 0 Å². The van der Waals surface area contributed by atoms with E-state index in [9.17, 15) is 4.79 Å². The molecule has 0 amide bonds. The molecular formula is C9H11N3O2. The Labute approximate surface area is 80.4 Å². The first kappa shape index (κ1) is 8.80. The number of aromatic amines is 1. The molecule has 2 heterocycles. The summed E-state index contributed by atoms with van der Waals surface area (Å²) >= 11 is 0. The molecule has 0 saturated heterocycles. The highest BCUT2D eigenvalue weighted by Crippen LogP contribution is 2.16. The summed E-state index contributed by atoms with van der Waals surface area (Å²) in [5, 5.41) is 11.7. The third-order valence-corrected chi connectivity index (χ3v) is 2.14. The number of aromatic nitrogens is 3. The Balaban J connectivity index is 2.61. The number of H-pyrrole nitrogens is 1. The van der Waals surface area contributed by atoms with Crippen LogP contribution in [0.3, 0.4) is 0 Å². The molecule has 2 aromatic rings. The highest BCUT2D eigenvalue weighted by molar-refractivity contribution is 5.94. The number of carboxylic acid groups (broad SMARTS) is 1. The fourth-order valence-electron chi connectivity index (χ4n) is 1.32. The van der Waals surface area contributed by atoms with E-state index in [1.807, 2.05) is 20.0 Å². The van der Waals surface area contributed by atoms with Crippen LogP contribution in [0, 0.1) is 0 Å². The van der Waals surface area contributed by atoms with Crippen LogP contribution in [-0.4, -0.2) is 25.7 Å². The molecule has 0 saturated carbocycles. The standard InChI is InChI=1S/C9H11N3O2/c1-5(2)7-4-12-8(11-7)6(3-10-12)9(13)14/h3-5,10H,1-2H3,(H,13,14). The second-order valence-electron chi connectivity index (χ2n) is 3.51. The summed E-state index contributed by atoms with van der Waals surface area (Å²) < 4.78 is 1.62. The minimum absolute atomic E-state index is 0.205. The number of rotatable bonds is 2. The van der Waals surface area contributed by atoms with Gasteiger partial charge in [0.05, 0.1) is 11.9 Å². The van der Waals surface area contributed by atoms with Crippen molar-refractivity contribution in [3.8, 4) is 0 Å². The van der Waals surface area contributed by atoms with E-state index in [0.717, 1.165) is 5.69 Å². The quantitative estimate of drug-likeness (QED) is 0.758. The molecule has 0 spiro atoms. The van der Waals surface area contributed by atoms with Gasteiger partial charge in [0.1, 0.15) is 5.56 Å². The molecule has 0 aliphatic rings. The molecule has 0 aliphatic carbocycles. The van der Waals surface area contributed by atoms with E-state index in [4.69, 9.17) is 5.11 Å². The van der Waals surface area contributed by atoms with Crippen LogP contribution >= 0.6 is 0 Å². The third kappa shape index (κ3) is 1.17. The second kappa shape index (κ2) is 2.87. The first-order chi connectivity index (χ1) is 6.59. The average Bonchev–Trinajstić information content (AvgIpc) is 2.58. The van der Waals surface area contributed by atoms with Crippen molar-refractivity contribution in [2.24, 2.45) is 0 Å². The van der Waals surface area contributed by atoms with Gasteiger partial charge in [-0.1, -0.05) is 13.8 Å². The molecule has 2 N–H and O–H groups in total. The zero-order valence-corrected chi connectivity index (χ0v) is 7.98. The lowest BCUT2D eigenvalue weighted by Gasteiger charge is -1.95. The molecule has 0 atom stereocenters. The maximum Gasteiger partial charge on any atom is 0.341 e. The van der Waals surface area contributed by atoms with E-state index in [1.165, 1.54) is 6.20 Å². The molecular weight excluding hydrogens is 182 g/mol. The fourth-order valence-corrected chi connectivity index (χ4v) is 1.32. The lowest BCUT2D eigenvalue weighted by molar-refractivity contribution is 0.0699. The summed E-state index contributed by atoms with van der Waals surface area (Å²) in [7, 11) is 0. The Hall–Kier alpha value is -1.78. The molecule has 0 unspecified atom stereocenters. The Morgan fingerprint density at radius 2 is 2.36 bits per heavy atom. The van der Waals surface area contributed by atoms with Gasteiger partial charge in [-0.2, -0.15) is 0 Å². The largest absolute Gasteiger partial charge is 0.477 e. The van der Waals surface area contributed by atoms with E-state index in [-0.39, 0.29) is 5.56 Å². The molecule has 0 fully saturated rings. The van der Waals surface area contributed by atoms with Crippen molar-refractivity contribution >= 4 is 11.6 Å². The lowest BCUT2D eigenvalue weighted by atomic mass is 10.2. The van der Waals surface area contributed by atoms with Crippen LogP contribution < -0.4 is 0 Å². The van der Waals surface area contributed by atoms with Crippen molar-refractivity contribution in [3.63, 3.8) is 0 Å². The summed E-state index contributed by atoms with van der Waals surface area (Å²) in [5.41, 5.74) is 1.57. The summed E-state index contributed by atoms with van der Waals surface area (Å²) in [6, 6.07) is 0. The minimum atomic E-state index is -0.961. The number of nitrogens with zero attached hydrogens (tertiary/aromatic N) is 2. The summed E-state index contributed by atoms with van der Waals surface area (Å²) in [4.78, 5) is 15.0. The third-order valence-electron chi connectivity index (χ3n) is 2.14. The van der Waals surface area contributed by atoms with Crippen LogP contribution in [0.15, 0.2) is 12.4 Å². The van der Waals surface area contributed by atoms with Crippen LogP contribution in [0.25, 0.3) is 5.65 Å². The van der Waals surface area contributed by atoms with Gasteiger partial charge in [0.25, 0.3) is 0 Å². The van der Waals surface area contributed by atoms with Crippen LogP contribution in [0.4, 0.5) is 0 Å². The monoisotopic (exact) mass is 193 g/mol. The van der Waals surface area contributed by atoms with Gasteiger partial charge in [0.15, 0.2) is 5.65 Å².